The molecule has 4 heteroatoms. The second-order valence-electron chi connectivity index (χ2n) is 5.83. The van der Waals surface area contributed by atoms with E-state index in [4.69, 9.17) is 5.73 Å². The number of ketones is 2. The topological polar surface area (TPSA) is 60.2 Å². The van der Waals surface area contributed by atoms with Crippen molar-refractivity contribution in [1.82, 2.24) is 0 Å². The maximum atomic E-state index is 13.0. The fourth-order valence-electron chi connectivity index (χ4n) is 3.02. The molecule has 25 heavy (non-hydrogen) atoms. The molecule has 0 saturated carbocycles. The van der Waals surface area contributed by atoms with Gasteiger partial charge in [0, 0.05) is 38.6 Å². The zero-order valence-corrected chi connectivity index (χ0v) is 14.2. The van der Waals surface area contributed by atoms with Crippen LogP contribution in [-0.2, 0) is 6.54 Å². The Morgan fingerprint density at radius 1 is 0.720 bits per heavy atom. The SMILES string of the molecule is NCc1ccc(Sc2cccc3c2C(=O)c2ccccc2C3=O)cc1. The quantitative estimate of drug-likeness (QED) is 0.608. The van der Waals surface area contributed by atoms with Crippen LogP contribution in [0.5, 0.6) is 0 Å². The summed E-state index contributed by atoms with van der Waals surface area (Å²) in [6.45, 7) is 0.495. The normalized spacial score (nSPS) is 12.7. The molecule has 2 N–H and O–H groups in total. The van der Waals surface area contributed by atoms with E-state index in [1.54, 1.807) is 30.3 Å². The van der Waals surface area contributed by atoms with Crippen LogP contribution < -0.4 is 5.73 Å². The summed E-state index contributed by atoms with van der Waals surface area (Å²) in [5, 5.41) is 0. The summed E-state index contributed by atoms with van der Waals surface area (Å²) in [5.41, 5.74) is 8.63. The molecule has 0 unspecified atom stereocenters. The first kappa shape index (κ1) is 15.8. The van der Waals surface area contributed by atoms with Gasteiger partial charge in [0.25, 0.3) is 0 Å². The number of carbonyl (C=O) groups is 2. The lowest BCUT2D eigenvalue weighted by Gasteiger charge is -2.19. The van der Waals surface area contributed by atoms with Crippen molar-refractivity contribution in [3.63, 3.8) is 0 Å². The van der Waals surface area contributed by atoms with E-state index in [-0.39, 0.29) is 11.6 Å². The molecule has 0 radical (unpaired) electrons. The van der Waals surface area contributed by atoms with Gasteiger partial charge in [-0.15, -0.1) is 0 Å². The summed E-state index contributed by atoms with van der Waals surface area (Å²) in [6, 6.07) is 20.4. The highest BCUT2D eigenvalue weighted by Gasteiger charge is 2.31. The number of benzene rings is 3. The molecule has 3 nitrogen and oxygen atoms in total. The van der Waals surface area contributed by atoms with Gasteiger partial charge in [-0.3, -0.25) is 9.59 Å². The van der Waals surface area contributed by atoms with Crippen molar-refractivity contribution in [3.8, 4) is 0 Å². The van der Waals surface area contributed by atoms with Crippen LogP contribution >= 0.6 is 11.8 Å². The van der Waals surface area contributed by atoms with Crippen molar-refractivity contribution in [3.05, 3.63) is 94.5 Å². The van der Waals surface area contributed by atoms with Gasteiger partial charge < -0.3 is 5.73 Å². The van der Waals surface area contributed by atoms with Gasteiger partial charge in [-0.05, 0) is 23.8 Å². The van der Waals surface area contributed by atoms with Gasteiger partial charge in [0.15, 0.2) is 11.6 Å². The molecule has 0 aromatic heterocycles. The lowest BCUT2D eigenvalue weighted by atomic mass is 9.84. The molecule has 122 valence electrons. The minimum Gasteiger partial charge on any atom is -0.326 e. The molecule has 0 saturated heterocycles. The Balaban J connectivity index is 1.79. The van der Waals surface area contributed by atoms with Crippen LogP contribution in [0.1, 0.15) is 37.4 Å². The Hall–Kier alpha value is -2.69. The Morgan fingerprint density at radius 2 is 1.36 bits per heavy atom. The molecular weight excluding hydrogens is 330 g/mol. The number of fused-ring (bicyclic) bond motifs is 2. The van der Waals surface area contributed by atoms with E-state index in [1.165, 1.54) is 11.8 Å². The highest BCUT2D eigenvalue weighted by atomic mass is 32.2. The van der Waals surface area contributed by atoms with E-state index in [9.17, 15) is 9.59 Å². The highest BCUT2D eigenvalue weighted by molar-refractivity contribution is 7.99. The van der Waals surface area contributed by atoms with E-state index in [0.717, 1.165) is 15.4 Å². The molecule has 3 aromatic carbocycles. The Labute approximate surface area is 149 Å². The molecule has 0 aliphatic heterocycles. The summed E-state index contributed by atoms with van der Waals surface area (Å²) < 4.78 is 0. The van der Waals surface area contributed by atoms with Crippen LogP contribution in [0.2, 0.25) is 0 Å². The van der Waals surface area contributed by atoms with Gasteiger partial charge in [-0.25, -0.2) is 0 Å². The van der Waals surface area contributed by atoms with Crippen LogP contribution in [0, 0.1) is 0 Å². The molecule has 0 bridgehead atoms. The van der Waals surface area contributed by atoms with E-state index in [2.05, 4.69) is 0 Å². The molecule has 0 atom stereocenters. The first-order valence-electron chi connectivity index (χ1n) is 7.97. The smallest absolute Gasteiger partial charge is 0.195 e. The second kappa shape index (κ2) is 6.31. The van der Waals surface area contributed by atoms with Crippen molar-refractivity contribution < 1.29 is 9.59 Å². The minimum absolute atomic E-state index is 0.0909. The number of nitrogens with two attached hydrogens (primary N) is 1. The standard InChI is InChI=1S/C21H15NO2S/c22-12-13-8-10-14(11-9-13)25-18-7-3-6-17-19(18)21(24)16-5-2-1-4-15(16)20(17)23/h1-11H,12,22H2. The predicted molar refractivity (Wildman–Crippen MR) is 98.2 cm³/mol. The van der Waals surface area contributed by atoms with Gasteiger partial charge in [-0.1, -0.05) is 60.3 Å². The van der Waals surface area contributed by atoms with Crippen molar-refractivity contribution in [2.24, 2.45) is 5.73 Å². The molecule has 4 rings (SSSR count). The van der Waals surface area contributed by atoms with Crippen LogP contribution in [0.3, 0.4) is 0 Å². The third kappa shape index (κ3) is 2.69. The Morgan fingerprint density at radius 3 is 2.04 bits per heavy atom. The van der Waals surface area contributed by atoms with Crippen LogP contribution in [-0.4, -0.2) is 11.6 Å². The van der Waals surface area contributed by atoms with Crippen molar-refractivity contribution in [1.29, 1.82) is 0 Å². The van der Waals surface area contributed by atoms with E-state index < -0.39 is 0 Å². The molecule has 1 aliphatic carbocycles. The molecule has 0 spiro atoms. The maximum Gasteiger partial charge on any atom is 0.195 e. The zero-order chi connectivity index (χ0) is 17.4. The predicted octanol–water partition coefficient (Wildman–Crippen LogP) is 4.07. The zero-order valence-electron chi connectivity index (χ0n) is 13.4. The van der Waals surface area contributed by atoms with Crippen LogP contribution in [0.25, 0.3) is 0 Å². The fourth-order valence-corrected chi connectivity index (χ4v) is 4.00. The Bertz CT molecular complexity index is 993. The number of rotatable bonds is 3. The molecule has 0 amide bonds. The maximum absolute atomic E-state index is 13.0. The van der Waals surface area contributed by atoms with Gasteiger partial charge in [0.1, 0.15) is 0 Å². The van der Waals surface area contributed by atoms with Gasteiger partial charge >= 0.3 is 0 Å². The average molecular weight is 345 g/mol. The molecule has 3 aromatic rings. The van der Waals surface area contributed by atoms with Crippen molar-refractivity contribution >= 4 is 23.3 Å². The van der Waals surface area contributed by atoms with Crippen LogP contribution in [0.4, 0.5) is 0 Å². The van der Waals surface area contributed by atoms with Gasteiger partial charge in [0.05, 0.1) is 0 Å². The number of carbonyl (C=O) groups excluding carboxylic acids is 2. The van der Waals surface area contributed by atoms with Crippen molar-refractivity contribution in [2.45, 2.75) is 16.3 Å². The fraction of sp³-hybridized carbons (Fsp3) is 0.0476. The number of hydrogen-bond acceptors (Lipinski definition) is 4. The molecule has 0 heterocycles. The summed E-state index contributed by atoms with van der Waals surface area (Å²) >= 11 is 1.49. The third-order valence-corrected chi connectivity index (χ3v) is 5.37. The lowest BCUT2D eigenvalue weighted by molar-refractivity contribution is 0.0977. The summed E-state index contributed by atoms with van der Waals surface area (Å²) in [4.78, 5) is 27.6. The molecule has 1 aliphatic rings. The lowest BCUT2D eigenvalue weighted by Crippen LogP contribution is -2.21. The first-order chi connectivity index (χ1) is 12.2. The van der Waals surface area contributed by atoms with Crippen LogP contribution in [0.15, 0.2) is 76.5 Å². The third-order valence-electron chi connectivity index (χ3n) is 4.30. The first-order valence-corrected chi connectivity index (χ1v) is 8.79. The monoisotopic (exact) mass is 345 g/mol. The second-order valence-corrected chi connectivity index (χ2v) is 6.95. The van der Waals surface area contributed by atoms with E-state index >= 15 is 0 Å². The van der Waals surface area contributed by atoms with Crippen molar-refractivity contribution in [2.75, 3.05) is 0 Å². The average Bonchev–Trinajstić information content (AvgIpc) is 2.66. The van der Waals surface area contributed by atoms with Gasteiger partial charge in [-0.2, -0.15) is 0 Å². The highest BCUT2D eigenvalue weighted by Crippen LogP contribution is 2.37. The van der Waals surface area contributed by atoms with E-state index in [1.807, 2.05) is 36.4 Å². The summed E-state index contributed by atoms with van der Waals surface area (Å²) in [5.74, 6) is -0.182. The van der Waals surface area contributed by atoms with Gasteiger partial charge in [0.2, 0.25) is 0 Å². The minimum atomic E-state index is -0.0915. The van der Waals surface area contributed by atoms with E-state index in [0.29, 0.717) is 28.8 Å². The summed E-state index contributed by atoms with van der Waals surface area (Å²) in [7, 11) is 0. The summed E-state index contributed by atoms with van der Waals surface area (Å²) in [6.07, 6.45) is 0. The number of hydrogen-bond donors (Lipinski definition) is 1. The largest absolute Gasteiger partial charge is 0.326 e. The Kier molecular flexibility index (Phi) is 3.99. The molecule has 0 fully saturated rings. The molecular formula is C21H15NO2S.